The molecule has 0 radical (unpaired) electrons. The van der Waals surface area contributed by atoms with E-state index in [1.165, 1.54) is 6.20 Å². The van der Waals surface area contributed by atoms with Crippen molar-refractivity contribution < 1.29 is 18.6 Å². The molecular formula is C20H29FN4O3. The van der Waals surface area contributed by atoms with E-state index in [0.29, 0.717) is 36.8 Å². The quantitative estimate of drug-likeness (QED) is 0.717. The van der Waals surface area contributed by atoms with Crippen LogP contribution in [0.2, 0.25) is 0 Å². The summed E-state index contributed by atoms with van der Waals surface area (Å²) in [7, 11) is 1.63. The van der Waals surface area contributed by atoms with E-state index in [4.69, 9.17) is 19.3 Å². The lowest BCUT2D eigenvalue weighted by Gasteiger charge is -2.28. The van der Waals surface area contributed by atoms with E-state index >= 15 is 4.39 Å². The molecule has 0 N–H and O–H groups in total. The minimum atomic E-state index is -0.535. The highest BCUT2D eigenvalue weighted by atomic mass is 19.1. The average Bonchev–Trinajstić information content (AvgIpc) is 3.11. The lowest BCUT2D eigenvalue weighted by atomic mass is 9.94. The summed E-state index contributed by atoms with van der Waals surface area (Å²) in [5.74, 6) is 0.486. The molecule has 1 atom stereocenters. The molecule has 0 saturated carbocycles. The molecule has 0 aliphatic carbocycles. The van der Waals surface area contributed by atoms with Gasteiger partial charge in [0.05, 0.1) is 36.0 Å². The minimum Gasteiger partial charge on any atom is -0.476 e. The maximum absolute atomic E-state index is 15.1. The molecule has 1 aliphatic rings. The zero-order valence-corrected chi connectivity index (χ0v) is 17.5. The Bertz CT molecular complexity index is 835. The van der Waals surface area contributed by atoms with E-state index in [0.717, 1.165) is 6.42 Å². The van der Waals surface area contributed by atoms with Crippen molar-refractivity contribution in [1.82, 2.24) is 19.7 Å². The summed E-state index contributed by atoms with van der Waals surface area (Å²) in [6.45, 7) is 10.8. The molecule has 1 aliphatic heterocycles. The Morgan fingerprint density at radius 2 is 2.07 bits per heavy atom. The molecule has 0 amide bonds. The third-order valence-corrected chi connectivity index (χ3v) is 4.91. The molecule has 3 heterocycles. The van der Waals surface area contributed by atoms with Crippen molar-refractivity contribution in [3.63, 3.8) is 0 Å². The predicted octanol–water partition coefficient (Wildman–Crippen LogP) is 3.59. The van der Waals surface area contributed by atoms with Gasteiger partial charge in [0.1, 0.15) is 0 Å². The summed E-state index contributed by atoms with van der Waals surface area (Å²) in [5.41, 5.74) is -0.469. The summed E-state index contributed by atoms with van der Waals surface area (Å²) in [4.78, 5) is 8.62. The molecule has 0 bridgehead atoms. The van der Waals surface area contributed by atoms with Crippen LogP contribution in [0.25, 0.3) is 11.4 Å². The molecule has 28 heavy (non-hydrogen) atoms. The van der Waals surface area contributed by atoms with Crippen LogP contribution in [0.1, 0.15) is 52.9 Å². The third kappa shape index (κ3) is 4.03. The van der Waals surface area contributed by atoms with E-state index in [1.807, 2.05) is 13.8 Å². The van der Waals surface area contributed by atoms with Crippen LogP contribution in [0.5, 0.6) is 5.88 Å². The molecule has 3 rings (SSSR count). The molecule has 2 aromatic rings. The van der Waals surface area contributed by atoms with Crippen molar-refractivity contribution in [3.8, 4) is 17.3 Å². The lowest BCUT2D eigenvalue weighted by Crippen LogP contribution is -2.32. The molecule has 1 saturated heterocycles. The maximum Gasteiger partial charge on any atom is 0.251 e. The Balaban J connectivity index is 2.11. The zero-order valence-electron chi connectivity index (χ0n) is 17.5. The first-order chi connectivity index (χ1) is 13.2. The number of halogens is 1. The van der Waals surface area contributed by atoms with Crippen LogP contribution in [-0.2, 0) is 15.9 Å². The number of pyridine rings is 1. The van der Waals surface area contributed by atoms with Gasteiger partial charge in [-0.2, -0.15) is 5.10 Å². The summed E-state index contributed by atoms with van der Waals surface area (Å²) in [6, 6.07) is 1.51. The Morgan fingerprint density at radius 3 is 2.68 bits per heavy atom. The number of aromatic nitrogens is 4. The summed E-state index contributed by atoms with van der Waals surface area (Å²) >= 11 is 0. The van der Waals surface area contributed by atoms with Gasteiger partial charge in [0.25, 0.3) is 5.88 Å². The molecule has 1 unspecified atom stereocenters. The number of rotatable bonds is 7. The van der Waals surface area contributed by atoms with Crippen LogP contribution >= 0.6 is 0 Å². The Morgan fingerprint density at radius 1 is 1.32 bits per heavy atom. The van der Waals surface area contributed by atoms with Gasteiger partial charge in [0.15, 0.2) is 17.5 Å². The van der Waals surface area contributed by atoms with Gasteiger partial charge in [-0.05, 0) is 40.7 Å². The molecule has 154 valence electrons. The second-order valence-corrected chi connectivity index (χ2v) is 8.13. The number of ether oxygens (including phenoxy) is 3. The van der Waals surface area contributed by atoms with Crippen molar-refractivity contribution in [2.24, 2.45) is 0 Å². The van der Waals surface area contributed by atoms with Gasteiger partial charge in [-0.25, -0.2) is 19.0 Å². The summed E-state index contributed by atoms with van der Waals surface area (Å²) in [5, 5.41) is 4.70. The van der Waals surface area contributed by atoms with Crippen molar-refractivity contribution in [3.05, 3.63) is 23.9 Å². The highest BCUT2D eigenvalue weighted by molar-refractivity contribution is 5.58. The van der Waals surface area contributed by atoms with E-state index in [1.54, 1.807) is 24.8 Å². The second kappa shape index (κ2) is 7.75. The molecule has 8 heteroatoms. The number of nitrogens with zero attached hydrogens (tertiary/aromatic N) is 4. The van der Waals surface area contributed by atoms with Crippen molar-refractivity contribution in [2.45, 2.75) is 64.7 Å². The monoisotopic (exact) mass is 392 g/mol. The summed E-state index contributed by atoms with van der Waals surface area (Å²) in [6.07, 6.45) is 2.81. The fraction of sp³-hybridized carbons (Fsp3) is 0.650. The van der Waals surface area contributed by atoms with E-state index in [2.05, 4.69) is 23.8 Å². The Kier molecular flexibility index (Phi) is 5.72. The molecule has 0 aromatic carbocycles. The number of methoxy groups -OCH3 is 1. The van der Waals surface area contributed by atoms with E-state index in [-0.39, 0.29) is 17.5 Å². The smallest absolute Gasteiger partial charge is 0.251 e. The Hall–Kier alpha value is -2.06. The van der Waals surface area contributed by atoms with Crippen LogP contribution < -0.4 is 4.74 Å². The van der Waals surface area contributed by atoms with Crippen molar-refractivity contribution in [2.75, 3.05) is 20.3 Å². The molecule has 2 aromatic heterocycles. The van der Waals surface area contributed by atoms with Crippen molar-refractivity contribution >= 4 is 0 Å². The topological polar surface area (TPSA) is 71.3 Å². The van der Waals surface area contributed by atoms with Gasteiger partial charge in [-0.3, -0.25) is 0 Å². The highest BCUT2D eigenvalue weighted by Gasteiger charge is 2.48. The lowest BCUT2D eigenvalue weighted by molar-refractivity contribution is -0.0736. The number of hydrogen-bond acceptors (Lipinski definition) is 6. The van der Waals surface area contributed by atoms with Gasteiger partial charge in [0.2, 0.25) is 0 Å². The van der Waals surface area contributed by atoms with Crippen molar-refractivity contribution in [1.29, 1.82) is 0 Å². The SMILES string of the molecule is CCOc1nccc(-c2nc(CCOC)nn2C2CC(C)(C)OC2(C)C)c1F. The first kappa shape index (κ1) is 20.7. The summed E-state index contributed by atoms with van der Waals surface area (Å²) < 4.78 is 33.6. The van der Waals surface area contributed by atoms with Gasteiger partial charge in [-0.1, -0.05) is 0 Å². The average molecular weight is 392 g/mol. The fourth-order valence-electron chi connectivity index (χ4n) is 3.82. The Labute approximate surface area is 165 Å². The highest BCUT2D eigenvalue weighted by Crippen LogP contribution is 2.46. The fourth-order valence-corrected chi connectivity index (χ4v) is 3.82. The van der Waals surface area contributed by atoms with E-state index in [9.17, 15) is 0 Å². The second-order valence-electron chi connectivity index (χ2n) is 8.13. The predicted molar refractivity (Wildman–Crippen MR) is 103 cm³/mol. The normalized spacial score (nSPS) is 20.5. The van der Waals surface area contributed by atoms with Crippen LogP contribution in [0.15, 0.2) is 12.3 Å². The van der Waals surface area contributed by atoms with Gasteiger partial charge < -0.3 is 14.2 Å². The van der Waals surface area contributed by atoms with Gasteiger partial charge in [-0.15, -0.1) is 0 Å². The standard InChI is InChI=1S/C20H29FN4O3/c1-7-27-18-16(21)13(8-10-22-18)17-23-15(9-11-26-6)24-25(17)14-12-19(2,3)28-20(14,4)5/h8,10,14H,7,9,11-12H2,1-6H3. The maximum atomic E-state index is 15.1. The molecular weight excluding hydrogens is 363 g/mol. The molecule has 0 spiro atoms. The van der Waals surface area contributed by atoms with Gasteiger partial charge in [0, 0.05) is 26.1 Å². The van der Waals surface area contributed by atoms with E-state index < -0.39 is 11.4 Å². The zero-order chi connectivity index (χ0) is 20.5. The van der Waals surface area contributed by atoms with Crippen LogP contribution in [0.3, 0.4) is 0 Å². The minimum absolute atomic E-state index is 0.0322. The largest absolute Gasteiger partial charge is 0.476 e. The first-order valence-electron chi connectivity index (χ1n) is 9.60. The molecule has 1 fully saturated rings. The number of hydrogen-bond donors (Lipinski definition) is 0. The van der Waals surface area contributed by atoms with Crippen LogP contribution in [-0.4, -0.2) is 51.3 Å². The molecule has 7 nitrogen and oxygen atoms in total. The third-order valence-electron chi connectivity index (χ3n) is 4.91. The first-order valence-corrected chi connectivity index (χ1v) is 9.60. The van der Waals surface area contributed by atoms with Crippen LogP contribution in [0, 0.1) is 5.82 Å². The van der Waals surface area contributed by atoms with Gasteiger partial charge >= 0.3 is 0 Å². The van der Waals surface area contributed by atoms with Crippen LogP contribution in [0.4, 0.5) is 4.39 Å².